The summed E-state index contributed by atoms with van der Waals surface area (Å²) in [6, 6.07) is 14.5. The molecule has 134 valence electrons. The summed E-state index contributed by atoms with van der Waals surface area (Å²) in [5.41, 5.74) is 2.44. The van der Waals surface area contributed by atoms with Gasteiger partial charge in [-0.3, -0.25) is 4.79 Å². The highest BCUT2D eigenvalue weighted by molar-refractivity contribution is 6.42. The Morgan fingerprint density at radius 1 is 1.12 bits per heavy atom. The summed E-state index contributed by atoms with van der Waals surface area (Å²) < 4.78 is 0. The van der Waals surface area contributed by atoms with Crippen molar-refractivity contribution >= 4 is 40.5 Å². The van der Waals surface area contributed by atoms with Crippen LogP contribution in [-0.4, -0.2) is 5.91 Å². The lowest BCUT2D eigenvalue weighted by Gasteiger charge is -2.07. The predicted octanol–water partition coefficient (Wildman–Crippen LogP) is 5.79. The first-order chi connectivity index (χ1) is 12.5. The van der Waals surface area contributed by atoms with E-state index in [0.29, 0.717) is 21.4 Å². The second-order valence-corrected chi connectivity index (χ2v) is 6.51. The van der Waals surface area contributed by atoms with Crippen molar-refractivity contribution in [3.05, 3.63) is 69.8 Å². The molecule has 0 aliphatic heterocycles. The van der Waals surface area contributed by atoms with Crippen LogP contribution in [0.4, 0.5) is 11.4 Å². The predicted molar refractivity (Wildman–Crippen MR) is 107 cm³/mol. The van der Waals surface area contributed by atoms with Gasteiger partial charge in [-0.25, -0.2) is 0 Å². The van der Waals surface area contributed by atoms with Crippen LogP contribution >= 0.6 is 23.2 Å². The zero-order valence-corrected chi connectivity index (χ0v) is 15.9. The summed E-state index contributed by atoms with van der Waals surface area (Å²) in [7, 11) is 0. The summed E-state index contributed by atoms with van der Waals surface area (Å²) in [4.78, 5) is 12.3. The highest BCUT2D eigenvalue weighted by Gasteiger charge is 2.09. The Hall–Kier alpha value is -2.48. The van der Waals surface area contributed by atoms with Crippen LogP contribution in [0.25, 0.3) is 0 Å². The topological polar surface area (TPSA) is 64.9 Å². The van der Waals surface area contributed by atoms with Crippen LogP contribution in [0.2, 0.25) is 10.0 Å². The van der Waals surface area contributed by atoms with E-state index in [0.717, 1.165) is 19.3 Å². The van der Waals surface area contributed by atoms with Gasteiger partial charge in [0.1, 0.15) is 11.6 Å². The molecule has 2 rings (SSSR count). The minimum atomic E-state index is -0.485. The van der Waals surface area contributed by atoms with Gasteiger partial charge < -0.3 is 10.6 Å². The van der Waals surface area contributed by atoms with Crippen molar-refractivity contribution in [2.24, 2.45) is 0 Å². The molecule has 0 aliphatic carbocycles. The SMILES string of the molecule is CCCCc1ccc(NC(=O)/C(C#N)=C\Nc2ccc(Cl)c(Cl)c2)cc1. The fraction of sp³-hybridized carbons (Fsp3) is 0.200. The third-order valence-electron chi connectivity index (χ3n) is 3.70. The number of hydrogen-bond acceptors (Lipinski definition) is 3. The van der Waals surface area contributed by atoms with Gasteiger partial charge in [-0.15, -0.1) is 0 Å². The smallest absolute Gasteiger partial charge is 0.267 e. The molecular weight excluding hydrogens is 369 g/mol. The van der Waals surface area contributed by atoms with Crippen LogP contribution in [-0.2, 0) is 11.2 Å². The molecule has 0 saturated carbocycles. The number of halogens is 2. The molecule has 1 amide bonds. The number of unbranched alkanes of at least 4 members (excludes halogenated alkanes) is 1. The van der Waals surface area contributed by atoms with E-state index in [1.807, 2.05) is 30.3 Å². The Morgan fingerprint density at radius 2 is 1.81 bits per heavy atom. The van der Waals surface area contributed by atoms with Crippen LogP contribution < -0.4 is 10.6 Å². The van der Waals surface area contributed by atoms with Crippen molar-refractivity contribution in [1.29, 1.82) is 5.26 Å². The Morgan fingerprint density at radius 3 is 2.42 bits per heavy atom. The molecule has 0 aromatic heterocycles. The standard InChI is InChI=1S/C20H19Cl2N3O/c1-2-3-4-14-5-7-16(8-6-14)25-20(26)15(12-23)13-24-17-9-10-18(21)19(22)11-17/h5-11,13,24H,2-4H2,1H3,(H,25,26)/b15-13-. The van der Waals surface area contributed by atoms with Gasteiger partial charge in [-0.2, -0.15) is 5.26 Å². The lowest BCUT2D eigenvalue weighted by Crippen LogP contribution is -2.14. The van der Waals surface area contributed by atoms with E-state index in [4.69, 9.17) is 23.2 Å². The number of carbonyl (C=O) groups excluding carboxylic acids is 1. The molecular formula is C20H19Cl2N3O. The molecule has 2 aromatic rings. The maximum atomic E-state index is 12.3. The van der Waals surface area contributed by atoms with E-state index in [1.54, 1.807) is 18.2 Å². The number of aryl methyl sites for hydroxylation is 1. The third kappa shape index (κ3) is 5.80. The number of nitriles is 1. The molecule has 0 bridgehead atoms. The van der Waals surface area contributed by atoms with E-state index in [2.05, 4.69) is 17.6 Å². The molecule has 6 heteroatoms. The maximum absolute atomic E-state index is 12.3. The second kappa shape index (κ2) is 9.86. The molecule has 0 atom stereocenters. The number of anilines is 2. The third-order valence-corrected chi connectivity index (χ3v) is 4.44. The zero-order valence-electron chi connectivity index (χ0n) is 14.4. The molecule has 0 spiro atoms. The number of rotatable bonds is 7. The summed E-state index contributed by atoms with van der Waals surface area (Å²) in [6.07, 6.45) is 4.63. The molecule has 0 fully saturated rings. The largest absolute Gasteiger partial charge is 0.360 e. The van der Waals surface area contributed by atoms with E-state index in [9.17, 15) is 10.1 Å². The Bertz CT molecular complexity index is 839. The van der Waals surface area contributed by atoms with E-state index in [-0.39, 0.29) is 5.57 Å². The number of benzene rings is 2. The molecule has 4 nitrogen and oxygen atoms in total. The summed E-state index contributed by atoms with van der Waals surface area (Å²) >= 11 is 11.8. The molecule has 0 saturated heterocycles. The van der Waals surface area contributed by atoms with Gasteiger partial charge in [0.05, 0.1) is 10.0 Å². The van der Waals surface area contributed by atoms with Crippen molar-refractivity contribution in [2.45, 2.75) is 26.2 Å². The van der Waals surface area contributed by atoms with Crippen LogP contribution in [0.5, 0.6) is 0 Å². The van der Waals surface area contributed by atoms with E-state index >= 15 is 0 Å². The van der Waals surface area contributed by atoms with Gasteiger partial charge in [0.15, 0.2) is 0 Å². The van der Waals surface area contributed by atoms with Crippen molar-refractivity contribution in [3.8, 4) is 6.07 Å². The molecule has 2 N–H and O–H groups in total. The van der Waals surface area contributed by atoms with Gasteiger partial charge in [0.25, 0.3) is 5.91 Å². The number of hydrogen-bond donors (Lipinski definition) is 2. The Balaban J connectivity index is 2.01. The fourth-order valence-electron chi connectivity index (χ4n) is 2.22. The Labute approximate surface area is 163 Å². The number of carbonyl (C=O) groups is 1. The molecule has 0 unspecified atom stereocenters. The van der Waals surface area contributed by atoms with Gasteiger partial charge in [-0.05, 0) is 48.7 Å². The quantitative estimate of drug-likeness (QED) is 0.466. The fourth-order valence-corrected chi connectivity index (χ4v) is 2.52. The van der Waals surface area contributed by atoms with E-state index < -0.39 is 5.91 Å². The number of amides is 1. The number of nitrogens with one attached hydrogen (secondary N) is 2. The van der Waals surface area contributed by atoms with Crippen molar-refractivity contribution in [2.75, 3.05) is 10.6 Å². The highest BCUT2D eigenvalue weighted by atomic mass is 35.5. The first-order valence-electron chi connectivity index (χ1n) is 8.25. The first kappa shape index (κ1) is 19.8. The lowest BCUT2D eigenvalue weighted by molar-refractivity contribution is -0.112. The average Bonchev–Trinajstić information content (AvgIpc) is 2.64. The molecule has 26 heavy (non-hydrogen) atoms. The van der Waals surface area contributed by atoms with E-state index in [1.165, 1.54) is 11.8 Å². The van der Waals surface area contributed by atoms with Crippen LogP contribution in [0.15, 0.2) is 54.2 Å². The highest BCUT2D eigenvalue weighted by Crippen LogP contribution is 2.25. The molecule has 0 heterocycles. The average molecular weight is 388 g/mol. The summed E-state index contributed by atoms with van der Waals surface area (Å²) in [5, 5.41) is 15.6. The van der Waals surface area contributed by atoms with Gasteiger partial charge in [0.2, 0.25) is 0 Å². The minimum Gasteiger partial charge on any atom is -0.360 e. The second-order valence-electron chi connectivity index (χ2n) is 5.70. The van der Waals surface area contributed by atoms with Crippen molar-refractivity contribution in [1.82, 2.24) is 0 Å². The van der Waals surface area contributed by atoms with Gasteiger partial charge >= 0.3 is 0 Å². The van der Waals surface area contributed by atoms with Crippen LogP contribution in [0.3, 0.4) is 0 Å². The molecule has 0 aliphatic rings. The van der Waals surface area contributed by atoms with Gasteiger partial charge in [0, 0.05) is 17.6 Å². The maximum Gasteiger partial charge on any atom is 0.267 e. The number of nitrogens with zero attached hydrogens (tertiary/aromatic N) is 1. The van der Waals surface area contributed by atoms with Crippen molar-refractivity contribution in [3.63, 3.8) is 0 Å². The minimum absolute atomic E-state index is 0.0499. The first-order valence-corrected chi connectivity index (χ1v) is 9.01. The Kier molecular flexibility index (Phi) is 7.53. The summed E-state index contributed by atoms with van der Waals surface area (Å²) in [6.45, 7) is 2.15. The normalized spacial score (nSPS) is 10.9. The monoisotopic (exact) mass is 387 g/mol. The van der Waals surface area contributed by atoms with Crippen LogP contribution in [0, 0.1) is 11.3 Å². The molecule has 0 radical (unpaired) electrons. The lowest BCUT2D eigenvalue weighted by atomic mass is 10.1. The van der Waals surface area contributed by atoms with Crippen LogP contribution in [0.1, 0.15) is 25.3 Å². The molecule has 2 aromatic carbocycles. The van der Waals surface area contributed by atoms with Crippen molar-refractivity contribution < 1.29 is 4.79 Å². The van der Waals surface area contributed by atoms with Gasteiger partial charge in [-0.1, -0.05) is 48.7 Å². The summed E-state index contributed by atoms with van der Waals surface area (Å²) in [5.74, 6) is -0.485. The zero-order chi connectivity index (χ0) is 18.9.